The lowest BCUT2D eigenvalue weighted by molar-refractivity contribution is -0.134. The highest BCUT2D eigenvalue weighted by Gasteiger charge is 2.33. The minimum Gasteiger partial charge on any atom is -0.355 e. The Morgan fingerprint density at radius 1 is 1.03 bits per heavy atom. The molecular formula is C23H44IN5O. The van der Waals surface area contributed by atoms with Crippen LogP contribution in [0.5, 0.6) is 0 Å². The lowest BCUT2D eigenvalue weighted by Gasteiger charge is -2.34. The number of nitrogens with one attached hydrogen (secondary N) is 2. The van der Waals surface area contributed by atoms with Crippen molar-refractivity contribution < 1.29 is 4.79 Å². The first-order valence-electron chi connectivity index (χ1n) is 12.2. The number of hydrogen-bond acceptors (Lipinski definition) is 3. The van der Waals surface area contributed by atoms with Gasteiger partial charge in [0, 0.05) is 44.7 Å². The number of guanidine groups is 1. The van der Waals surface area contributed by atoms with Crippen molar-refractivity contribution in [2.45, 2.75) is 83.7 Å². The van der Waals surface area contributed by atoms with Crippen LogP contribution in [-0.4, -0.2) is 73.5 Å². The van der Waals surface area contributed by atoms with Crippen molar-refractivity contribution in [3.05, 3.63) is 0 Å². The van der Waals surface area contributed by atoms with Gasteiger partial charge < -0.3 is 15.5 Å². The molecule has 2 aliphatic heterocycles. The third-order valence-electron chi connectivity index (χ3n) is 7.45. The van der Waals surface area contributed by atoms with E-state index in [1.54, 1.807) is 0 Å². The molecule has 3 fully saturated rings. The molecule has 0 radical (unpaired) electrons. The average molecular weight is 534 g/mol. The zero-order chi connectivity index (χ0) is 20.6. The van der Waals surface area contributed by atoms with Gasteiger partial charge in [0.25, 0.3) is 0 Å². The number of aliphatic imine (C=N–C) groups is 1. The predicted molar refractivity (Wildman–Crippen MR) is 136 cm³/mol. The summed E-state index contributed by atoms with van der Waals surface area (Å²) < 4.78 is 0. The Hall–Kier alpha value is -0.570. The van der Waals surface area contributed by atoms with Crippen LogP contribution < -0.4 is 10.6 Å². The Kier molecular flexibility index (Phi) is 11.2. The van der Waals surface area contributed by atoms with Gasteiger partial charge >= 0.3 is 0 Å². The summed E-state index contributed by atoms with van der Waals surface area (Å²) in [6.07, 6.45) is 10.7. The molecule has 2 unspecified atom stereocenters. The molecule has 0 bridgehead atoms. The molecule has 2 N–H and O–H groups in total. The first-order valence-corrected chi connectivity index (χ1v) is 12.2. The van der Waals surface area contributed by atoms with Crippen molar-refractivity contribution in [3.63, 3.8) is 0 Å². The molecule has 174 valence electrons. The zero-order valence-corrected chi connectivity index (χ0v) is 21.7. The predicted octanol–water partition coefficient (Wildman–Crippen LogP) is 3.46. The number of halogens is 1. The first kappa shape index (κ1) is 25.7. The first-order chi connectivity index (χ1) is 14.2. The van der Waals surface area contributed by atoms with E-state index in [-0.39, 0.29) is 29.9 Å². The van der Waals surface area contributed by atoms with Gasteiger partial charge in [0.1, 0.15) is 0 Å². The Balaban J connectivity index is 0.00000320. The van der Waals surface area contributed by atoms with Gasteiger partial charge in [-0.1, -0.05) is 39.5 Å². The smallest absolute Gasteiger partial charge is 0.225 e. The molecular weight excluding hydrogens is 489 g/mol. The summed E-state index contributed by atoms with van der Waals surface area (Å²) in [5.41, 5.74) is 0. The van der Waals surface area contributed by atoms with E-state index in [9.17, 15) is 4.79 Å². The second-order valence-electron chi connectivity index (χ2n) is 9.24. The van der Waals surface area contributed by atoms with Crippen LogP contribution in [0.1, 0.15) is 71.6 Å². The monoisotopic (exact) mass is 533 g/mol. The molecule has 0 spiro atoms. The molecule has 7 heteroatoms. The normalized spacial score (nSPS) is 24.3. The number of hydrogen-bond donors (Lipinski definition) is 2. The number of carbonyl (C=O) groups is 1. The number of nitrogens with zero attached hydrogens (tertiary/aromatic N) is 3. The van der Waals surface area contributed by atoms with E-state index in [1.165, 1.54) is 51.6 Å². The van der Waals surface area contributed by atoms with Gasteiger partial charge in [0.15, 0.2) is 5.96 Å². The van der Waals surface area contributed by atoms with Crippen molar-refractivity contribution in [1.29, 1.82) is 0 Å². The highest BCUT2D eigenvalue weighted by molar-refractivity contribution is 14.0. The summed E-state index contributed by atoms with van der Waals surface area (Å²) in [7, 11) is 1.85. The third kappa shape index (κ3) is 6.71. The maximum Gasteiger partial charge on any atom is 0.225 e. The van der Waals surface area contributed by atoms with Gasteiger partial charge in [0.05, 0.1) is 0 Å². The van der Waals surface area contributed by atoms with Crippen LogP contribution in [0.25, 0.3) is 0 Å². The highest BCUT2D eigenvalue weighted by Crippen LogP contribution is 2.28. The third-order valence-corrected chi connectivity index (χ3v) is 7.45. The minimum atomic E-state index is 0. The molecule has 1 aliphatic carbocycles. The van der Waals surface area contributed by atoms with Crippen LogP contribution in [-0.2, 0) is 4.79 Å². The maximum absolute atomic E-state index is 12.7. The molecule has 0 aromatic carbocycles. The van der Waals surface area contributed by atoms with Crippen LogP contribution in [0.2, 0.25) is 0 Å². The second-order valence-corrected chi connectivity index (χ2v) is 9.24. The molecule has 1 saturated carbocycles. The van der Waals surface area contributed by atoms with Gasteiger partial charge in [-0.2, -0.15) is 0 Å². The molecule has 30 heavy (non-hydrogen) atoms. The average Bonchev–Trinajstić information content (AvgIpc) is 3.51. The number of likely N-dealkylation sites (tertiary alicyclic amines) is 2. The van der Waals surface area contributed by atoms with Crippen LogP contribution in [0.3, 0.4) is 0 Å². The van der Waals surface area contributed by atoms with Gasteiger partial charge in [0.2, 0.25) is 5.91 Å². The molecule has 3 aliphatic rings. The van der Waals surface area contributed by atoms with Crippen LogP contribution in [0.15, 0.2) is 4.99 Å². The van der Waals surface area contributed by atoms with Crippen molar-refractivity contribution >= 4 is 35.8 Å². The van der Waals surface area contributed by atoms with E-state index in [4.69, 9.17) is 0 Å². The Bertz CT molecular complexity index is 540. The summed E-state index contributed by atoms with van der Waals surface area (Å²) in [6, 6.07) is 0.889. The van der Waals surface area contributed by atoms with Gasteiger partial charge in [-0.3, -0.25) is 14.7 Å². The topological polar surface area (TPSA) is 60.0 Å². The fourth-order valence-electron chi connectivity index (χ4n) is 5.60. The minimum absolute atomic E-state index is 0. The summed E-state index contributed by atoms with van der Waals surface area (Å²) in [4.78, 5) is 21.9. The fourth-order valence-corrected chi connectivity index (χ4v) is 5.60. The zero-order valence-electron chi connectivity index (χ0n) is 19.4. The van der Waals surface area contributed by atoms with Crippen molar-refractivity contribution in [2.75, 3.05) is 39.8 Å². The summed E-state index contributed by atoms with van der Waals surface area (Å²) in [6.45, 7) is 9.75. The van der Waals surface area contributed by atoms with Crippen molar-refractivity contribution in [1.82, 2.24) is 20.4 Å². The fraction of sp³-hybridized carbons (Fsp3) is 0.913. The Morgan fingerprint density at radius 2 is 1.70 bits per heavy atom. The lowest BCUT2D eigenvalue weighted by Crippen LogP contribution is -2.51. The van der Waals surface area contributed by atoms with Gasteiger partial charge in [-0.25, -0.2) is 0 Å². The number of amides is 1. The van der Waals surface area contributed by atoms with Gasteiger partial charge in [-0.05, 0) is 51.1 Å². The van der Waals surface area contributed by atoms with Crippen LogP contribution >= 0.6 is 24.0 Å². The largest absolute Gasteiger partial charge is 0.355 e. The number of carbonyl (C=O) groups excluding carboxylic acids is 1. The lowest BCUT2D eigenvalue weighted by atomic mass is 9.93. The summed E-state index contributed by atoms with van der Waals surface area (Å²) in [5, 5.41) is 7.20. The van der Waals surface area contributed by atoms with Crippen molar-refractivity contribution in [2.24, 2.45) is 16.8 Å². The number of rotatable bonds is 8. The molecule has 0 aromatic heterocycles. The Labute approximate surface area is 201 Å². The molecule has 2 saturated heterocycles. The molecule has 2 atom stereocenters. The quantitative estimate of drug-likeness (QED) is 0.285. The standard InChI is InChI=1S/C23H43N5O.HI/c1-4-18(5-2)21(27-13-8-9-14-27)16-25-23(24-3)26-20-12-15-28(17-20)22(29)19-10-6-7-11-19;/h18-21H,4-17H2,1-3H3,(H2,24,25,26);1H. The molecule has 2 heterocycles. The van der Waals surface area contributed by atoms with E-state index in [1.807, 2.05) is 7.05 Å². The van der Waals surface area contributed by atoms with E-state index in [0.717, 1.165) is 50.8 Å². The van der Waals surface area contributed by atoms with Crippen LogP contribution in [0, 0.1) is 11.8 Å². The maximum atomic E-state index is 12.7. The van der Waals surface area contributed by atoms with E-state index in [0.29, 0.717) is 18.0 Å². The van der Waals surface area contributed by atoms with E-state index >= 15 is 0 Å². The molecule has 3 rings (SSSR count). The van der Waals surface area contributed by atoms with E-state index < -0.39 is 0 Å². The second kappa shape index (κ2) is 13.1. The van der Waals surface area contributed by atoms with Gasteiger partial charge in [-0.15, -0.1) is 24.0 Å². The van der Waals surface area contributed by atoms with Crippen molar-refractivity contribution in [3.8, 4) is 0 Å². The molecule has 0 aromatic rings. The summed E-state index contributed by atoms with van der Waals surface area (Å²) in [5.74, 6) is 2.29. The Morgan fingerprint density at radius 3 is 2.30 bits per heavy atom. The molecule has 6 nitrogen and oxygen atoms in total. The summed E-state index contributed by atoms with van der Waals surface area (Å²) >= 11 is 0. The van der Waals surface area contributed by atoms with E-state index in [2.05, 4.69) is 39.3 Å². The molecule has 1 amide bonds. The SMILES string of the molecule is CCC(CC)C(CNC(=NC)NC1CCN(C(=O)C2CCCC2)C1)N1CCCC1.I. The van der Waals surface area contributed by atoms with Crippen LogP contribution in [0.4, 0.5) is 0 Å². The highest BCUT2D eigenvalue weighted by atomic mass is 127.